The minimum absolute atomic E-state index is 0.0117. The Hall–Kier alpha value is -1.83. The number of amides is 1. The van der Waals surface area contributed by atoms with Gasteiger partial charge in [0.2, 0.25) is 5.91 Å². The lowest BCUT2D eigenvalue weighted by Gasteiger charge is -2.43. The highest BCUT2D eigenvalue weighted by atomic mass is 19.4. The summed E-state index contributed by atoms with van der Waals surface area (Å²) < 4.78 is 56.6. The summed E-state index contributed by atoms with van der Waals surface area (Å²) in [6.07, 6.45) is 1.85. The van der Waals surface area contributed by atoms with E-state index in [2.05, 4.69) is 10.6 Å². The van der Waals surface area contributed by atoms with Crippen LogP contribution in [0.4, 0.5) is 17.6 Å². The highest BCUT2D eigenvalue weighted by molar-refractivity contribution is 5.79. The molecule has 5 atom stereocenters. The van der Waals surface area contributed by atoms with Gasteiger partial charge in [0, 0.05) is 18.5 Å². The number of halogens is 4. The largest absolute Gasteiger partial charge is 0.490 e. The predicted molar refractivity (Wildman–Crippen MR) is 115 cm³/mol. The fourth-order valence-corrected chi connectivity index (χ4v) is 5.13. The van der Waals surface area contributed by atoms with Gasteiger partial charge in [-0.15, -0.1) is 0 Å². The van der Waals surface area contributed by atoms with Gasteiger partial charge in [-0.3, -0.25) is 4.79 Å². The van der Waals surface area contributed by atoms with Crippen LogP contribution in [-0.4, -0.2) is 37.8 Å². The molecule has 5 unspecified atom stereocenters. The summed E-state index contributed by atoms with van der Waals surface area (Å²) >= 11 is 0. The van der Waals surface area contributed by atoms with E-state index >= 15 is 0 Å². The maximum atomic E-state index is 12.8. The van der Waals surface area contributed by atoms with Gasteiger partial charge in [0.15, 0.2) is 0 Å². The van der Waals surface area contributed by atoms with Crippen molar-refractivity contribution >= 4 is 5.91 Å². The summed E-state index contributed by atoms with van der Waals surface area (Å²) in [5, 5.41) is 6.09. The predicted octanol–water partition coefficient (Wildman–Crippen LogP) is 5.12. The van der Waals surface area contributed by atoms with Crippen molar-refractivity contribution in [3.8, 4) is 5.75 Å². The topological polar surface area (TPSA) is 50.4 Å². The molecule has 2 aliphatic rings. The van der Waals surface area contributed by atoms with Gasteiger partial charge in [-0.25, -0.2) is 4.39 Å². The van der Waals surface area contributed by atoms with Crippen LogP contribution in [0.25, 0.3) is 0 Å². The first-order valence-electron chi connectivity index (χ1n) is 11.7. The van der Waals surface area contributed by atoms with Crippen LogP contribution < -0.4 is 15.4 Å². The van der Waals surface area contributed by atoms with E-state index in [4.69, 9.17) is 4.74 Å². The Morgan fingerprint density at radius 3 is 2.56 bits per heavy atom. The van der Waals surface area contributed by atoms with Gasteiger partial charge in [-0.1, -0.05) is 0 Å². The first-order chi connectivity index (χ1) is 15.3. The van der Waals surface area contributed by atoms with Gasteiger partial charge >= 0.3 is 6.18 Å². The molecule has 2 saturated carbocycles. The average Bonchev–Trinajstić information content (AvgIpc) is 2.76. The zero-order valence-corrected chi connectivity index (χ0v) is 18.6. The maximum absolute atomic E-state index is 12.8. The molecule has 4 nitrogen and oxygen atoms in total. The van der Waals surface area contributed by atoms with Crippen LogP contribution in [0.3, 0.4) is 0 Å². The molecule has 2 fully saturated rings. The first kappa shape index (κ1) is 24.8. The smallest absolute Gasteiger partial charge is 0.416 e. The van der Waals surface area contributed by atoms with Crippen LogP contribution in [0.5, 0.6) is 5.75 Å². The minimum Gasteiger partial charge on any atom is -0.490 e. The second-order valence-corrected chi connectivity index (χ2v) is 9.18. The number of carbonyl (C=O) groups excluding carboxylic acids is 1. The second-order valence-electron chi connectivity index (χ2n) is 9.18. The number of ether oxygens (including phenoxy) is 1. The van der Waals surface area contributed by atoms with Gasteiger partial charge in [0.1, 0.15) is 18.5 Å². The number of hydrogen-bond acceptors (Lipinski definition) is 3. The summed E-state index contributed by atoms with van der Waals surface area (Å²) in [5.41, 5.74) is -0.676. The highest BCUT2D eigenvalue weighted by Gasteiger charge is 2.41. The van der Waals surface area contributed by atoms with Crippen molar-refractivity contribution in [2.24, 2.45) is 17.8 Å². The van der Waals surface area contributed by atoms with E-state index in [1.165, 1.54) is 12.1 Å². The SMILES string of the molecule is CC(CCNCCF)NC(=O)C1CCC2C(CCCC2Oc2ccc(C(F)(F)F)cc2)C1. The van der Waals surface area contributed by atoms with E-state index in [1.807, 2.05) is 6.92 Å². The highest BCUT2D eigenvalue weighted by Crippen LogP contribution is 2.44. The molecule has 2 N–H and O–H groups in total. The summed E-state index contributed by atoms with van der Waals surface area (Å²) in [5.74, 6) is 1.28. The van der Waals surface area contributed by atoms with Crippen molar-refractivity contribution in [1.82, 2.24) is 10.6 Å². The van der Waals surface area contributed by atoms with Crippen LogP contribution >= 0.6 is 0 Å². The van der Waals surface area contributed by atoms with Crippen molar-refractivity contribution in [2.45, 2.75) is 70.2 Å². The molecule has 2 aliphatic carbocycles. The zero-order chi connectivity index (χ0) is 23.1. The molecule has 32 heavy (non-hydrogen) atoms. The Bertz CT molecular complexity index is 726. The van der Waals surface area contributed by atoms with Gasteiger partial charge in [0.25, 0.3) is 0 Å². The van der Waals surface area contributed by atoms with Crippen LogP contribution in [0, 0.1) is 17.8 Å². The molecule has 0 spiro atoms. The molecule has 3 rings (SSSR count). The van der Waals surface area contributed by atoms with E-state index in [9.17, 15) is 22.4 Å². The van der Waals surface area contributed by atoms with Gasteiger partial charge in [-0.2, -0.15) is 13.2 Å². The third-order valence-corrected chi connectivity index (χ3v) is 6.84. The Kier molecular flexibility index (Phi) is 8.79. The molecular formula is C24H34F4N2O2. The quantitative estimate of drug-likeness (QED) is 0.399. The number of carbonyl (C=O) groups is 1. The fourth-order valence-electron chi connectivity index (χ4n) is 5.13. The normalized spacial score (nSPS) is 26.8. The molecular weight excluding hydrogens is 424 g/mol. The first-order valence-corrected chi connectivity index (χ1v) is 11.7. The Morgan fingerprint density at radius 1 is 1.12 bits per heavy atom. The van der Waals surface area contributed by atoms with Crippen molar-refractivity contribution in [3.63, 3.8) is 0 Å². The number of fused-ring (bicyclic) bond motifs is 1. The Balaban J connectivity index is 1.49. The van der Waals surface area contributed by atoms with Gasteiger partial charge in [0.05, 0.1) is 5.56 Å². The molecule has 180 valence electrons. The number of alkyl halides is 4. The van der Waals surface area contributed by atoms with Crippen molar-refractivity contribution in [2.75, 3.05) is 19.8 Å². The van der Waals surface area contributed by atoms with E-state index in [1.54, 1.807) is 0 Å². The maximum Gasteiger partial charge on any atom is 0.416 e. The summed E-state index contributed by atoms with van der Waals surface area (Å²) in [6.45, 7) is 2.58. The van der Waals surface area contributed by atoms with Crippen molar-refractivity contribution in [1.29, 1.82) is 0 Å². The van der Waals surface area contributed by atoms with E-state index < -0.39 is 18.4 Å². The molecule has 8 heteroatoms. The number of nitrogens with one attached hydrogen (secondary N) is 2. The Labute approximate surface area is 187 Å². The van der Waals surface area contributed by atoms with Gasteiger partial charge < -0.3 is 15.4 Å². The third kappa shape index (κ3) is 6.83. The van der Waals surface area contributed by atoms with Crippen molar-refractivity contribution in [3.05, 3.63) is 29.8 Å². The van der Waals surface area contributed by atoms with Crippen molar-refractivity contribution < 1.29 is 27.1 Å². The number of hydrogen-bond donors (Lipinski definition) is 2. The Morgan fingerprint density at radius 2 is 1.88 bits per heavy atom. The van der Waals surface area contributed by atoms with Crippen LogP contribution in [0.15, 0.2) is 24.3 Å². The van der Waals surface area contributed by atoms with Gasteiger partial charge in [-0.05, 0) is 94.5 Å². The molecule has 1 aromatic carbocycles. The molecule has 1 amide bonds. The summed E-state index contributed by atoms with van der Waals surface area (Å²) in [7, 11) is 0. The van der Waals surface area contributed by atoms with Crippen LogP contribution in [0.2, 0.25) is 0 Å². The minimum atomic E-state index is -4.35. The van der Waals surface area contributed by atoms with E-state index in [-0.39, 0.29) is 24.0 Å². The average molecular weight is 459 g/mol. The molecule has 0 saturated heterocycles. The molecule has 0 heterocycles. The van der Waals surface area contributed by atoms with Crippen LogP contribution in [0.1, 0.15) is 57.4 Å². The third-order valence-electron chi connectivity index (χ3n) is 6.84. The number of benzene rings is 1. The summed E-state index contributed by atoms with van der Waals surface area (Å²) in [6, 6.07) is 4.95. The summed E-state index contributed by atoms with van der Waals surface area (Å²) in [4.78, 5) is 12.7. The standard InChI is InChI=1S/C24H34F4N2O2/c1-16(11-13-29-14-12-25)30-23(31)18-5-10-21-17(15-18)3-2-4-22(21)32-20-8-6-19(7-9-20)24(26,27)28/h6-9,16-18,21-22,29H,2-5,10-15H2,1H3,(H,30,31). The van der Waals surface area contributed by atoms with Crippen LogP contribution in [-0.2, 0) is 11.0 Å². The lowest BCUT2D eigenvalue weighted by molar-refractivity contribution is -0.137. The monoisotopic (exact) mass is 458 g/mol. The fraction of sp³-hybridized carbons (Fsp3) is 0.708. The lowest BCUT2D eigenvalue weighted by atomic mass is 9.66. The van der Waals surface area contributed by atoms with E-state index in [0.717, 1.165) is 57.1 Å². The molecule has 0 aliphatic heterocycles. The lowest BCUT2D eigenvalue weighted by Crippen LogP contribution is -2.45. The molecule has 0 radical (unpaired) electrons. The molecule has 0 aromatic heterocycles. The molecule has 0 bridgehead atoms. The van der Waals surface area contributed by atoms with E-state index in [0.29, 0.717) is 30.7 Å². The second kappa shape index (κ2) is 11.3. The number of rotatable bonds is 9. The zero-order valence-electron chi connectivity index (χ0n) is 18.6. The molecule has 1 aromatic rings.